The molecule has 0 fully saturated rings. The summed E-state index contributed by atoms with van der Waals surface area (Å²) in [6.07, 6.45) is 0.193. The normalized spacial score (nSPS) is 9.82. The number of hydrogen-bond donors (Lipinski definition) is 2. The first kappa shape index (κ1) is 13.5. The third-order valence-electron chi connectivity index (χ3n) is 2.03. The zero-order valence-electron chi connectivity index (χ0n) is 9.33. The van der Waals surface area contributed by atoms with Gasteiger partial charge in [0, 0.05) is 13.0 Å². The van der Waals surface area contributed by atoms with Crippen LogP contribution in [-0.4, -0.2) is 25.5 Å². The van der Waals surface area contributed by atoms with Gasteiger partial charge in [-0.15, -0.1) is 0 Å². The van der Waals surface area contributed by atoms with E-state index < -0.39 is 5.97 Å². The van der Waals surface area contributed by atoms with Crippen LogP contribution in [0.1, 0.15) is 16.8 Å². The van der Waals surface area contributed by atoms with Crippen molar-refractivity contribution < 1.29 is 14.3 Å². The minimum absolute atomic E-state index is 0.193. The van der Waals surface area contributed by atoms with Gasteiger partial charge >= 0.3 is 5.97 Å². The van der Waals surface area contributed by atoms with Crippen LogP contribution in [0.25, 0.3) is 0 Å². The summed E-state index contributed by atoms with van der Waals surface area (Å²) in [5.74, 6) is -0.743. The number of carbonyl (C=O) groups excluding carboxylic acids is 2. The zero-order valence-corrected chi connectivity index (χ0v) is 10.1. The van der Waals surface area contributed by atoms with Gasteiger partial charge < -0.3 is 15.8 Å². The summed E-state index contributed by atoms with van der Waals surface area (Å²) in [4.78, 5) is 22.6. The first-order valence-corrected chi connectivity index (χ1v) is 5.34. The second-order valence-corrected chi connectivity index (χ2v) is 3.68. The highest BCUT2D eigenvalue weighted by atomic mass is 35.5. The number of hydrogen-bond acceptors (Lipinski definition) is 4. The van der Waals surface area contributed by atoms with Gasteiger partial charge in [0.15, 0.2) is 0 Å². The lowest BCUT2D eigenvalue weighted by molar-refractivity contribution is -0.116. The van der Waals surface area contributed by atoms with E-state index in [4.69, 9.17) is 17.3 Å². The fourth-order valence-electron chi connectivity index (χ4n) is 1.21. The maximum Gasteiger partial charge on any atom is 0.337 e. The molecule has 0 aromatic heterocycles. The molecule has 0 atom stereocenters. The highest BCUT2D eigenvalue weighted by Gasteiger charge is 2.10. The Bertz CT molecular complexity index is 435. The summed E-state index contributed by atoms with van der Waals surface area (Å²) in [5, 5.41) is 2.92. The molecule has 0 unspecified atom stereocenters. The van der Waals surface area contributed by atoms with E-state index >= 15 is 0 Å². The molecule has 1 aromatic carbocycles. The SMILES string of the molecule is COC(=O)c1ccc(Cl)c(NC(=O)CCN)c1. The van der Waals surface area contributed by atoms with Crippen molar-refractivity contribution in [3.05, 3.63) is 28.8 Å². The maximum atomic E-state index is 11.3. The van der Waals surface area contributed by atoms with Gasteiger partial charge in [-0.05, 0) is 18.2 Å². The van der Waals surface area contributed by atoms with Gasteiger partial charge in [-0.3, -0.25) is 4.79 Å². The van der Waals surface area contributed by atoms with Gasteiger partial charge in [-0.2, -0.15) is 0 Å². The summed E-state index contributed by atoms with van der Waals surface area (Å²) >= 11 is 5.89. The Balaban J connectivity index is 2.90. The van der Waals surface area contributed by atoms with Crippen molar-refractivity contribution in [1.29, 1.82) is 0 Å². The van der Waals surface area contributed by atoms with E-state index in [1.807, 2.05) is 0 Å². The van der Waals surface area contributed by atoms with Crippen LogP contribution in [0, 0.1) is 0 Å². The molecule has 3 N–H and O–H groups in total. The summed E-state index contributed by atoms with van der Waals surface area (Å²) in [5.41, 5.74) is 5.94. The number of carbonyl (C=O) groups is 2. The average molecular weight is 257 g/mol. The van der Waals surface area contributed by atoms with Crippen LogP contribution in [0.2, 0.25) is 5.02 Å². The fourth-order valence-corrected chi connectivity index (χ4v) is 1.37. The van der Waals surface area contributed by atoms with E-state index in [1.54, 1.807) is 0 Å². The van der Waals surface area contributed by atoms with Crippen LogP contribution in [0.5, 0.6) is 0 Å². The second kappa shape index (κ2) is 6.22. The molecule has 0 aliphatic rings. The van der Waals surface area contributed by atoms with Crippen LogP contribution in [0.15, 0.2) is 18.2 Å². The predicted molar refractivity (Wildman–Crippen MR) is 65.1 cm³/mol. The Morgan fingerprint density at radius 3 is 2.76 bits per heavy atom. The van der Waals surface area contributed by atoms with Crippen molar-refractivity contribution >= 4 is 29.2 Å². The summed E-state index contributed by atoms with van der Waals surface area (Å²) < 4.78 is 4.57. The molecule has 0 saturated carbocycles. The Hall–Kier alpha value is -1.59. The molecule has 1 rings (SSSR count). The summed E-state index contributed by atoms with van der Waals surface area (Å²) in [6, 6.07) is 4.50. The maximum absolute atomic E-state index is 11.3. The average Bonchev–Trinajstić information content (AvgIpc) is 2.31. The van der Waals surface area contributed by atoms with Crippen molar-refractivity contribution in [2.45, 2.75) is 6.42 Å². The predicted octanol–water partition coefficient (Wildman–Crippen LogP) is 1.41. The zero-order chi connectivity index (χ0) is 12.8. The number of nitrogens with one attached hydrogen (secondary N) is 1. The number of nitrogens with two attached hydrogens (primary N) is 1. The van der Waals surface area contributed by atoms with Crippen molar-refractivity contribution in [3.8, 4) is 0 Å². The minimum Gasteiger partial charge on any atom is -0.465 e. The monoisotopic (exact) mass is 256 g/mol. The molecule has 1 amide bonds. The Morgan fingerprint density at radius 2 is 2.18 bits per heavy atom. The van der Waals surface area contributed by atoms with Crippen LogP contribution in [0.4, 0.5) is 5.69 Å². The lowest BCUT2D eigenvalue weighted by Gasteiger charge is -2.08. The van der Waals surface area contributed by atoms with E-state index in [0.717, 1.165) is 0 Å². The molecule has 0 spiro atoms. The number of rotatable bonds is 4. The van der Waals surface area contributed by atoms with Gasteiger partial charge in [-0.25, -0.2) is 4.79 Å². The van der Waals surface area contributed by atoms with E-state index in [1.165, 1.54) is 25.3 Å². The number of ether oxygens (including phenoxy) is 1. The van der Waals surface area contributed by atoms with Crippen LogP contribution in [-0.2, 0) is 9.53 Å². The number of halogens is 1. The molecule has 5 nitrogen and oxygen atoms in total. The van der Waals surface area contributed by atoms with E-state index in [0.29, 0.717) is 16.3 Å². The number of benzene rings is 1. The summed E-state index contributed by atoms with van der Waals surface area (Å²) in [7, 11) is 1.28. The first-order valence-electron chi connectivity index (χ1n) is 4.96. The van der Waals surface area contributed by atoms with Gasteiger partial charge in [0.05, 0.1) is 23.4 Å². The van der Waals surface area contributed by atoms with E-state index in [2.05, 4.69) is 10.1 Å². The van der Waals surface area contributed by atoms with Gasteiger partial charge in [0.1, 0.15) is 0 Å². The fraction of sp³-hybridized carbons (Fsp3) is 0.273. The standard InChI is InChI=1S/C11H13ClN2O3/c1-17-11(16)7-2-3-8(12)9(6-7)14-10(15)4-5-13/h2-3,6H,4-5,13H2,1H3,(H,14,15). The molecule has 0 aliphatic heterocycles. The quantitative estimate of drug-likeness (QED) is 0.798. The van der Waals surface area contributed by atoms with E-state index in [9.17, 15) is 9.59 Å². The third kappa shape index (κ3) is 3.72. The minimum atomic E-state index is -0.490. The third-order valence-corrected chi connectivity index (χ3v) is 2.36. The Kier molecular flexibility index (Phi) is 4.93. The number of anilines is 1. The molecule has 0 saturated heterocycles. The molecular formula is C11H13ClN2O3. The van der Waals surface area contributed by atoms with Crippen molar-refractivity contribution in [3.63, 3.8) is 0 Å². The molecule has 6 heteroatoms. The molecule has 0 radical (unpaired) electrons. The number of methoxy groups -OCH3 is 1. The largest absolute Gasteiger partial charge is 0.465 e. The first-order chi connectivity index (χ1) is 8.08. The molecule has 0 bridgehead atoms. The molecule has 17 heavy (non-hydrogen) atoms. The van der Waals surface area contributed by atoms with Crippen LogP contribution < -0.4 is 11.1 Å². The van der Waals surface area contributed by atoms with Crippen LogP contribution >= 0.6 is 11.6 Å². The number of amides is 1. The van der Waals surface area contributed by atoms with Gasteiger partial charge in [0.25, 0.3) is 0 Å². The lowest BCUT2D eigenvalue weighted by Crippen LogP contribution is -2.16. The van der Waals surface area contributed by atoms with Crippen molar-refractivity contribution in [1.82, 2.24) is 0 Å². The van der Waals surface area contributed by atoms with Crippen molar-refractivity contribution in [2.24, 2.45) is 5.73 Å². The highest BCUT2D eigenvalue weighted by molar-refractivity contribution is 6.33. The van der Waals surface area contributed by atoms with E-state index in [-0.39, 0.29) is 18.9 Å². The summed E-state index contributed by atoms with van der Waals surface area (Å²) in [6.45, 7) is 0.250. The highest BCUT2D eigenvalue weighted by Crippen LogP contribution is 2.23. The molecule has 92 valence electrons. The molecule has 1 aromatic rings. The number of esters is 1. The Labute approximate surface area is 104 Å². The smallest absolute Gasteiger partial charge is 0.337 e. The molecule has 0 aliphatic carbocycles. The second-order valence-electron chi connectivity index (χ2n) is 3.27. The Morgan fingerprint density at radius 1 is 1.47 bits per heavy atom. The molecular weight excluding hydrogens is 244 g/mol. The van der Waals surface area contributed by atoms with Crippen LogP contribution in [0.3, 0.4) is 0 Å². The van der Waals surface area contributed by atoms with Crippen molar-refractivity contribution in [2.75, 3.05) is 19.0 Å². The lowest BCUT2D eigenvalue weighted by atomic mass is 10.2. The molecule has 0 heterocycles. The van der Waals surface area contributed by atoms with Gasteiger partial charge in [-0.1, -0.05) is 11.6 Å². The van der Waals surface area contributed by atoms with Gasteiger partial charge in [0.2, 0.25) is 5.91 Å². The topological polar surface area (TPSA) is 81.4 Å².